The van der Waals surface area contributed by atoms with Gasteiger partial charge in [0.1, 0.15) is 23.9 Å². The molecule has 1 fully saturated rings. The van der Waals surface area contributed by atoms with Crippen LogP contribution in [-0.2, 0) is 17.9 Å². The summed E-state index contributed by atoms with van der Waals surface area (Å²) in [7, 11) is 3.06. The van der Waals surface area contributed by atoms with E-state index in [1.807, 2.05) is 26.0 Å². The van der Waals surface area contributed by atoms with Crippen LogP contribution in [0.15, 0.2) is 65.2 Å². The van der Waals surface area contributed by atoms with Crippen molar-refractivity contribution in [3.05, 3.63) is 88.8 Å². The summed E-state index contributed by atoms with van der Waals surface area (Å²) in [6.07, 6.45) is 0.966. The van der Waals surface area contributed by atoms with Gasteiger partial charge in [0.05, 0.1) is 26.5 Å². The van der Waals surface area contributed by atoms with Crippen LogP contribution in [0.4, 0.5) is 0 Å². The number of amides is 2. The fraction of sp³-hybridized carbons (Fsp3) is 0.361. The zero-order valence-corrected chi connectivity index (χ0v) is 27.6. The molecule has 0 unspecified atom stereocenters. The quantitative estimate of drug-likeness (QED) is 0.311. The first-order valence-corrected chi connectivity index (χ1v) is 15.9. The number of nitrogens with one attached hydrogen (secondary N) is 2. The molecule has 48 heavy (non-hydrogen) atoms. The van der Waals surface area contributed by atoms with E-state index in [1.54, 1.807) is 55.6 Å². The lowest BCUT2D eigenvalue weighted by atomic mass is 9.89. The van der Waals surface area contributed by atoms with E-state index in [1.165, 1.54) is 7.11 Å². The minimum atomic E-state index is -1.09. The number of carbonyl (C=O) groups is 2. The van der Waals surface area contributed by atoms with Crippen molar-refractivity contribution in [2.75, 3.05) is 40.5 Å². The van der Waals surface area contributed by atoms with Crippen LogP contribution < -0.4 is 34.3 Å². The average Bonchev–Trinajstić information content (AvgIpc) is 3.42. The molecule has 6 bridgehead atoms. The van der Waals surface area contributed by atoms with E-state index in [0.29, 0.717) is 72.5 Å². The van der Waals surface area contributed by atoms with E-state index in [-0.39, 0.29) is 31.5 Å². The first-order chi connectivity index (χ1) is 23.3. The highest BCUT2D eigenvalue weighted by molar-refractivity contribution is 5.94. The molecule has 7 aliphatic heterocycles. The number of likely N-dealkylation sites (tertiary alicyclic amines) is 1. The highest BCUT2D eigenvalue weighted by Gasteiger charge is 2.44. The zero-order chi connectivity index (χ0) is 33.7. The maximum absolute atomic E-state index is 14.0. The molecule has 0 radical (unpaired) electrons. The second-order valence-corrected chi connectivity index (χ2v) is 11.9. The van der Waals surface area contributed by atoms with Gasteiger partial charge < -0.3 is 38.8 Å². The Hall–Kier alpha value is -5.23. The number of hydrogen-bond acceptors (Lipinski definition) is 10. The topological polar surface area (TPSA) is 134 Å². The van der Waals surface area contributed by atoms with Crippen molar-refractivity contribution in [3.63, 3.8) is 0 Å². The smallest absolute Gasteiger partial charge is 0.264 e. The Morgan fingerprint density at radius 3 is 2.25 bits per heavy atom. The number of aryl methyl sites for hydroxylation is 2. The van der Waals surface area contributed by atoms with E-state index in [2.05, 4.69) is 20.7 Å². The Bertz CT molecular complexity index is 1740. The van der Waals surface area contributed by atoms with Crippen LogP contribution in [0.1, 0.15) is 45.8 Å². The summed E-state index contributed by atoms with van der Waals surface area (Å²) in [6.45, 7) is 6.64. The molecule has 252 valence electrons. The molecule has 1 aromatic heterocycles. The monoisotopic (exact) mass is 656 g/mol. The third-order valence-electron chi connectivity index (χ3n) is 8.76. The van der Waals surface area contributed by atoms with E-state index < -0.39 is 5.60 Å². The van der Waals surface area contributed by atoms with Crippen molar-refractivity contribution < 1.29 is 37.8 Å². The summed E-state index contributed by atoms with van der Waals surface area (Å²) in [4.78, 5) is 29.2. The molecule has 7 aliphatic rings. The van der Waals surface area contributed by atoms with Crippen molar-refractivity contribution in [2.45, 2.75) is 45.4 Å². The second kappa shape index (κ2) is 14.3. The normalized spacial score (nSPS) is 16.8. The first-order valence-electron chi connectivity index (χ1n) is 15.9. The Kier molecular flexibility index (Phi) is 9.72. The molecule has 12 nitrogen and oxygen atoms in total. The Labute approximate surface area is 279 Å². The minimum absolute atomic E-state index is 0.196. The number of benzene rings is 3. The molecule has 2 N–H and O–H groups in total. The number of piperidine rings is 1. The van der Waals surface area contributed by atoms with E-state index >= 15 is 0 Å². The summed E-state index contributed by atoms with van der Waals surface area (Å²) < 4.78 is 35.1. The Morgan fingerprint density at radius 2 is 1.56 bits per heavy atom. The Balaban J connectivity index is 1.26. The van der Waals surface area contributed by atoms with Gasteiger partial charge in [0.25, 0.3) is 11.8 Å². The van der Waals surface area contributed by atoms with Crippen molar-refractivity contribution in [2.24, 2.45) is 0 Å². The molecule has 4 aromatic rings. The van der Waals surface area contributed by atoms with Crippen molar-refractivity contribution in [1.82, 2.24) is 20.7 Å². The van der Waals surface area contributed by atoms with Crippen molar-refractivity contribution in [1.29, 1.82) is 0 Å². The summed E-state index contributed by atoms with van der Waals surface area (Å²) in [5.74, 6) is 3.24. The van der Waals surface area contributed by atoms with Gasteiger partial charge in [-0.1, -0.05) is 11.2 Å². The fourth-order valence-corrected chi connectivity index (χ4v) is 5.93. The Morgan fingerprint density at radius 1 is 0.875 bits per heavy atom. The highest BCUT2D eigenvalue weighted by Crippen LogP contribution is 2.38. The zero-order valence-electron chi connectivity index (χ0n) is 27.6. The van der Waals surface area contributed by atoms with Crippen LogP contribution in [-0.4, -0.2) is 67.9 Å². The highest BCUT2D eigenvalue weighted by atomic mass is 16.5. The predicted molar refractivity (Wildman–Crippen MR) is 176 cm³/mol. The first kappa shape index (κ1) is 32.7. The lowest BCUT2D eigenvalue weighted by Crippen LogP contribution is -2.57. The molecule has 8 heterocycles. The van der Waals surface area contributed by atoms with Gasteiger partial charge in [-0.05, 0) is 74.0 Å². The third kappa shape index (κ3) is 7.18. The summed E-state index contributed by atoms with van der Waals surface area (Å²) in [5, 5.41) is 10.1. The SMILES string of the molecule is COc1cc2ccc1Oc1ccc(cc1OC)C(=O)NCCOc1ccc(cc1)OC1(CCN(Cc3c(C)noc3C)CC1)C(=O)NC2. The summed E-state index contributed by atoms with van der Waals surface area (Å²) in [5.41, 5.74) is 2.09. The molecule has 11 rings (SSSR count). The number of nitrogens with zero attached hydrogens (tertiary/aromatic N) is 2. The lowest BCUT2D eigenvalue weighted by molar-refractivity contribution is -0.141. The second-order valence-electron chi connectivity index (χ2n) is 11.9. The molecule has 12 heteroatoms. The van der Waals surface area contributed by atoms with Gasteiger partial charge in [-0.2, -0.15) is 0 Å². The molecule has 0 saturated carbocycles. The molecular formula is C36H40N4O8. The average molecular weight is 657 g/mol. The van der Waals surface area contributed by atoms with Crippen LogP contribution in [0.2, 0.25) is 0 Å². The van der Waals surface area contributed by atoms with Gasteiger partial charge in [-0.25, -0.2) is 0 Å². The summed E-state index contributed by atoms with van der Waals surface area (Å²) in [6, 6.07) is 17.6. The maximum Gasteiger partial charge on any atom is 0.264 e. The van der Waals surface area contributed by atoms with Crippen LogP contribution in [0, 0.1) is 13.8 Å². The van der Waals surface area contributed by atoms with Crippen LogP contribution in [0.3, 0.4) is 0 Å². The summed E-state index contributed by atoms with van der Waals surface area (Å²) >= 11 is 0. The predicted octanol–water partition coefficient (Wildman–Crippen LogP) is 4.95. The lowest BCUT2D eigenvalue weighted by Gasteiger charge is -2.40. The molecule has 1 spiro atoms. The van der Waals surface area contributed by atoms with Gasteiger partial charge in [-0.15, -0.1) is 0 Å². The van der Waals surface area contributed by atoms with Gasteiger partial charge in [0.2, 0.25) is 0 Å². The number of rotatable bonds is 4. The maximum atomic E-state index is 14.0. The molecule has 1 saturated heterocycles. The van der Waals surface area contributed by atoms with Crippen LogP contribution in [0.25, 0.3) is 0 Å². The van der Waals surface area contributed by atoms with Gasteiger partial charge in [0.15, 0.2) is 28.6 Å². The number of carbonyl (C=O) groups excluding carboxylic acids is 2. The van der Waals surface area contributed by atoms with Gasteiger partial charge in [0, 0.05) is 50.1 Å². The molecule has 0 atom stereocenters. The largest absolute Gasteiger partial charge is 0.493 e. The van der Waals surface area contributed by atoms with E-state index in [0.717, 1.165) is 22.6 Å². The minimum Gasteiger partial charge on any atom is -0.493 e. The van der Waals surface area contributed by atoms with E-state index in [4.69, 9.17) is 28.2 Å². The van der Waals surface area contributed by atoms with Crippen LogP contribution >= 0.6 is 0 Å². The fourth-order valence-electron chi connectivity index (χ4n) is 5.93. The number of aromatic nitrogens is 1. The van der Waals surface area contributed by atoms with Crippen LogP contribution in [0.5, 0.6) is 34.5 Å². The number of methoxy groups -OCH3 is 2. The number of ether oxygens (including phenoxy) is 5. The molecule has 2 amide bonds. The number of hydrogen-bond donors (Lipinski definition) is 2. The standard InChI is InChI=1S/C36H40N4O8/c1-23-29(24(2)48-39-23)22-40-16-13-36(14-17-40)35(42)38-21-25-5-11-30(32(19-25)43-3)46-31-12-6-26(20-33(31)44-4)34(41)37-15-18-45-27-7-9-28(47-36)10-8-27/h5-12,19-20H,13-18,21-22H2,1-4H3,(H,37,41)(H,38,42). The van der Waals surface area contributed by atoms with Gasteiger partial charge in [-0.3, -0.25) is 14.5 Å². The molecular weight excluding hydrogens is 616 g/mol. The van der Waals surface area contributed by atoms with Crippen molar-refractivity contribution >= 4 is 11.8 Å². The molecule has 0 aliphatic carbocycles. The van der Waals surface area contributed by atoms with Crippen molar-refractivity contribution in [3.8, 4) is 34.5 Å². The third-order valence-corrected chi connectivity index (χ3v) is 8.76. The van der Waals surface area contributed by atoms with Gasteiger partial charge >= 0.3 is 0 Å². The molecule has 3 aromatic carbocycles. The van der Waals surface area contributed by atoms with E-state index in [9.17, 15) is 9.59 Å².